The van der Waals surface area contributed by atoms with E-state index in [1.54, 1.807) is 6.07 Å². The molecule has 1 N–H and O–H groups in total. The summed E-state index contributed by atoms with van der Waals surface area (Å²) < 4.78 is 33.8. The van der Waals surface area contributed by atoms with Crippen molar-refractivity contribution in [2.24, 2.45) is 11.8 Å². The van der Waals surface area contributed by atoms with E-state index in [4.69, 9.17) is 4.74 Å². The molecule has 9 heteroatoms. The van der Waals surface area contributed by atoms with Crippen LogP contribution in [0.15, 0.2) is 34.7 Å². The van der Waals surface area contributed by atoms with E-state index in [-0.39, 0.29) is 41.7 Å². The van der Waals surface area contributed by atoms with Crippen LogP contribution in [0.2, 0.25) is 0 Å². The lowest BCUT2D eigenvalue weighted by Crippen LogP contribution is -2.45. The molecule has 0 unspecified atom stereocenters. The summed E-state index contributed by atoms with van der Waals surface area (Å²) in [5.41, 5.74) is 1.69. The monoisotopic (exact) mass is 489 g/mol. The van der Waals surface area contributed by atoms with Crippen LogP contribution in [0.3, 0.4) is 0 Å². The predicted molar refractivity (Wildman–Crippen MR) is 130 cm³/mol. The molecule has 2 atom stereocenters. The van der Waals surface area contributed by atoms with Crippen LogP contribution in [-0.2, 0) is 19.6 Å². The summed E-state index contributed by atoms with van der Waals surface area (Å²) in [5, 5.41) is 2.89. The molecule has 2 amide bonds. The quantitative estimate of drug-likeness (QED) is 0.594. The number of carbonyl (C=O) groups excluding carboxylic acids is 2. The van der Waals surface area contributed by atoms with Crippen LogP contribution >= 0.6 is 0 Å². The minimum absolute atomic E-state index is 0.112. The number of piperidine rings is 1. The van der Waals surface area contributed by atoms with Crippen LogP contribution in [0.4, 0.5) is 5.69 Å². The zero-order valence-corrected chi connectivity index (χ0v) is 20.9. The number of nitrogens with zero attached hydrogens (tertiary/aromatic N) is 2. The minimum atomic E-state index is -3.72. The second-order valence-corrected chi connectivity index (χ2v) is 11.8. The van der Waals surface area contributed by atoms with Gasteiger partial charge in [-0.1, -0.05) is 25.5 Å². The lowest BCUT2D eigenvalue weighted by Gasteiger charge is -2.34. The summed E-state index contributed by atoms with van der Waals surface area (Å²) in [7, 11) is -3.72. The maximum atomic E-state index is 13.4. The number of benzene rings is 1. The molecule has 186 valence electrons. The summed E-state index contributed by atoms with van der Waals surface area (Å²) in [6, 6.07) is 4.56. The van der Waals surface area contributed by atoms with Gasteiger partial charge in [-0.05, 0) is 68.6 Å². The fraction of sp³-hybridized carbons (Fsp3) is 0.600. The first-order chi connectivity index (χ1) is 16.2. The Morgan fingerprint density at radius 3 is 2.65 bits per heavy atom. The number of nitrogens with one attached hydrogen (secondary N) is 1. The Hall–Kier alpha value is -2.39. The number of hydrogen-bond donors (Lipinski definition) is 1. The van der Waals surface area contributed by atoms with Crippen molar-refractivity contribution < 1.29 is 22.7 Å². The molecule has 0 saturated carbocycles. The van der Waals surface area contributed by atoms with E-state index in [2.05, 4.69) is 25.2 Å². The predicted octanol–water partition coefficient (Wildman–Crippen LogP) is 3.09. The SMILES string of the molecule is C[C@@H]1C[C@H](C)CN(S(=O)(=O)c2ccc3c(c2)N(CC(=O)NCCC2=CCCCC2)C(=O)CO3)C1. The molecular weight excluding hydrogens is 454 g/mol. The first-order valence-electron chi connectivity index (χ1n) is 12.3. The third kappa shape index (κ3) is 5.63. The number of carbonyl (C=O) groups is 2. The van der Waals surface area contributed by atoms with Gasteiger partial charge in [0.15, 0.2) is 6.61 Å². The molecule has 4 rings (SSSR count). The highest BCUT2D eigenvalue weighted by Gasteiger charge is 2.34. The topological polar surface area (TPSA) is 96.0 Å². The van der Waals surface area contributed by atoms with Crippen LogP contribution in [0.1, 0.15) is 52.4 Å². The van der Waals surface area contributed by atoms with Crippen molar-refractivity contribution in [2.75, 3.05) is 37.7 Å². The molecule has 2 heterocycles. The second-order valence-electron chi connectivity index (χ2n) is 9.87. The van der Waals surface area contributed by atoms with Gasteiger partial charge in [-0.3, -0.25) is 14.5 Å². The lowest BCUT2D eigenvalue weighted by molar-refractivity contribution is -0.125. The summed E-state index contributed by atoms with van der Waals surface area (Å²) >= 11 is 0. The van der Waals surface area contributed by atoms with Crippen LogP contribution in [0.5, 0.6) is 5.75 Å². The van der Waals surface area contributed by atoms with E-state index in [1.165, 1.54) is 39.8 Å². The zero-order chi connectivity index (χ0) is 24.3. The van der Waals surface area contributed by atoms with Crippen molar-refractivity contribution in [2.45, 2.75) is 57.3 Å². The smallest absolute Gasteiger partial charge is 0.265 e. The third-order valence-electron chi connectivity index (χ3n) is 6.80. The number of anilines is 1. The minimum Gasteiger partial charge on any atom is -0.482 e. The Morgan fingerprint density at radius 2 is 1.94 bits per heavy atom. The Labute approximate surface area is 202 Å². The highest BCUT2D eigenvalue weighted by molar-refractivity contribution is 7.89. The molecule has 2 aliphatic heterocycles. The molecule has 1 saturated heterocycles. The van der Waals surface area contributed by atoms with E-state index in [9.17, 15) is 18.0 Å². The molecule has 0 radical (unpaired) electrons. The highest BCUT2D eigenvalue weighted by Crippen LogP contribution is 2.36. The number of fused-ring (bicyclic) bond motifs is 1. The molecule has 0 spiro atoms. The van der Waals surface area contributed by atoms with Crippen LogP contribution in [0.25, 0.3) is 0 Å². The van der Waals surface area contributed by atoms with E-state index >= 15 is 0 Å². The molecule has 1 aromatic rings. The van der Waals surface area contributed by atoms with Crippen molar-refractivity contribution in [1.29, 1.82) is 0 Å². The second kappa shape index (κ2) is 10.5. The fourth-order valence-electron chi connectivity index (χ4n) is 5.16. The fourth-order valence-corrected chi connectivity index (χ4v) is 6.86. The zero-order valence-electron chi connectivity index (χ0n) is 20.1. The maximum Gasteiger partial charge on any atom is 0.265 e. The normalized spacial score (nSPS) is 23.6. The van der Waals surface area contributed by atoms with Gasteiger partial charge in [-0.25, -0.2) is 8.42 Å². The van der Waals surface area contributed by atoms with Gasteiger partial charge in [-0.15, -0.1) is 0 Å². The first kappa shape index (κ1) is 24.7. The number of hydrogen-bond acceptors (Lipinski definition) is 5. The van der Waals surface area contributed by atoms with E-state index in [1.807, 2.05) is 0 Å². The van der Waals surface area contributed by atoms with E-state index in [0.29, 0.717) is 31.1 Å². The Bertz CT molecular complexity index is 1060. The lowest BCUT2D eigenvalue weighted by atomic mass is 9.94. The first-order valence-corrected chi connectivity index (χ1v) is 13.7. The van der Waals surface area contributed by atoms with Gasteiger partial charge in [-0.2, -0.15) is 4.31 Å². The standard InChI is InChI=1S/C25H35N3O5S/c1-18-12-19(2)15-27(14-18)34(31,32)21-8-9-23-22(13-21)28(25(30)17-33-23)16-24(29)26-11-10-20-6-4-3-5-7-20/h6,8-9,13,18-19H,3-5,7,10-12,14-17H2,1-2H3,(H,26,29)/t18-,19+. The third-order valence-corrected chi connectivity index (χ3v) is 8.63. The molecule has 34 heavy (non-hydrogen) atoms. The van der Waals surface area contributed by atoms with Crippen molar-refractivity contribution in [3.05, 3.63) is 29.8 Å². The van der Waals surface area contributed by atoms with Crippen molar-refractivity contribution in [1.82, 2.24) is 9.62 Å². The summed E-state index contributed by atoms with van der Waals surface area (Å²) in [5.74, 6) is 0.326. The van der Waals surface area contributed by atoms with Crippen LogP contribution in [-0.4, -0.2) is 57.3 Å². The number of allylic oxidation sites excluding steroid dienone is 1. The average molecular weight is 490 g/mol. The molecule has 1 fully saturated rings. The average Bonchev–Trinajstić information content (AvgIpc) is 2.80. The molecule has 1 aliphatic carbocycles. The largest absolute Gasteiger partial charge is 0.482 e. The summed E-state index contributed by atoms with van der Waals surface area (Å²) in [4.78, 5) is 26.7. The summed E-state index contributed by atoms with van der Waals surface area (Å²) in [6.45, 7) is 5.24. The number of amides is 2. The van der Waals surface area contributed by atoms with Gasteiger partial charge in [0.2, 0.25) is 15.9 Å². The van der Waals surface area contributed by atoms with E-state index in [0.717, 1.165) is 25.7 Å². The van der Waals surface area contributed by atoms with Gasteiger partial charge in [0.1, 0.15) is 12.3 Å². The highest BCUT2D eigenvalue weighted by atomic mass is 32.2. The summed E-state index contributed by atoms with van der Waals surface area (Å²) in [6.07, 6.45) is 8.66. The van der Waals surface area contributed by atoms with Gasteiger partial charge in [0.05, 0.1) is 10.6 Å². The number of sulfonamides is 1. The van der Waals surface area contributed by atoms with Crippen LogP contribution in [0, 0.1) is 11.8 Å². The van der Waals surface area contributed by atoms with Gasteiger partial charge < -0.3 is 10.1 Å². The molecule has 0 bridgehead atoms. The molecular formula is C25H35N3O5S. The Kier molecular flexibility index (Phi) is 7.62. The van der Waals surface area contributed by atoms with Crippen molar-refractivity contribution in [3.8, 4) is 5.75 Å². The van der Waals surface area contributed by atoms with Crippen molar-refractivity contribution in [3.63, 3.8) is 0 Å². The van der Waals surface area contributed by atoms with E-state index < -0.39 is 10.0 Å². The molecule has 0 aromatic heterocycles. The van der Waals surface area contributed by atoms with Gasteiger partial charge in [0, 0.05) is 19.6 Å². The number of ether oxygens (including phenoxy) is 1. The molecule has 1 aromatic carbocycles. The maximum absolute atomic E-state index is 13.4. The number of rotatable bonds is 7. The van der Waals surface area contributed by atoms with Gasteiger partial charge in [0.25, 0.3) is 5.91 Å². The molecule has 8 nitrogen and oxygen atoms in total. The Balaban J connectivity index is 1.47. The molecule has 3 aliphatic rings. The van der Waals surface area contributed by atoms with Crippen molar-refractivity contribution >= 4 is 27.5 Å². The van der Waals surface area contributed by atoms with Gasteiger partial charge >= 0.3 is 0 Å². The van der Waals surface area contributed by atoms with Crippen LogP contribution < -0.4 is 15.0 Å². The Morgan fingerprint density at radius 1 is 1.18 bits per heavy atom.